The zero-order valence-electron chi connectivity index (χ0n) is 8.43. The molecule has 2 rings (SSSR count). The van der Waals surface area contributed by atoms with Gasteiger partial charge in [-0.15, -0.1) is 11.8 Å². The van der Waals surface area contributed by atoms with Gasteiger partial charge in [0.15, 0.2) is 0 Å². The fourth-order valence-corrected chi connectivity index (χ4v) is 3.02. The summed E-state index contributed by atoms with van der Waals surface area (Å²) in [6.07, 6.45) is 0. The van der Waals surface area contributed by atoms with Crippen molar-refractivity contribution in [2.45, 2.75) is 12.8 Å². The average molecular weight is 220 g/mol. The maximum Gasteiger partial charge on any atom is 0.333 e. The molecule has 2 nitrogen and oxygen atoms in total. The Balaban J connectivity index is 2.37. The van der Waals surface area contributed by atoms with Gasteiger partial charge in [0, 0.05) is 11.7 Å². The number of carboxylic acids is 1. The molecular weight excluding hydrogens is 208 g/mol. The highest BCUT2D eigenvalue weighted by Crippen LogP contribution is 2.41. The first-order valence-electron chi connectivity index (χ1n) is 4.82. The van der Waals surface area contributed by atoms with Crippen molar-refractivity contribution in [1.29, 1.82) is 0 Å². The second-order valence-corrected chi connectivity index (χ2v) is 4.78. The van der Waals surface area contributed by atoms with Crippen LogP contribution in [-0.4, -0.2) is 16.8 Å². The van der Waals surface area contributed by atoms with Crippen LogP contribution in [0.25, 0.3) is 0 Å². The van der Waals surface area contributed by atoms with E-state index >= 15 is 0 Å². The molecular formula is C12H12O2S. The summed E-state index contributed by atoms with van der Waals surface area (Å²) < 4.78 is 0. The fraction of sp³-hybridized carbons (Fsp3) is 0.250. The Morgan fingerprint density at radius 3 is 2.67 bits per heavy atom. The lowest BCUT2D eigenvalue weighted by molar-refractivity contribution is -0.132. The number of thioether (sulfide) groups is 1. The zero-order chi connectivity index (χ0) is 10.8. The molecule has 1 aliphatic rings. The third-order valence-electron chi connectivity index (χ3n) is 2.63. The molecule has 78 valence electrons. The smallest absolute Gasteiger partial charge is 0.333 e. The van der Waals surface area contributed by atoms with Crippen LogP contribution in [0, 0.1) is 0 Å². The molecule has 0 fully saturated rings. The van der Waals surface area contributed by atoms with Crippen LogP contribution >= 0.6 is 11.8 Å². The van der Waals surface area contributed by atoms with Crippen molar-refractivity contribution in [1.82, 2.24) is 0 Å². The third-order valence-corrected chi connectivity index (χ3v) is 3.78. The van der Waals surface area contributed by atoms with E-state index in [0.29, 0.717) is 5.57 Å². The van der Waals surface area contributed by atoms with Crippen molar-refractivity contribution < 1.29 is 9.90 Å². The van der Waals surface area contributed by atoms with Crippen LogP contribution in [0.3, 0.4) is 0 Å². The largest absolute Gasteiger partial charge is 0.478 e. The highest BCUT2D eigenvalue weighted by Gasteiger charge is 2.29. The summed E-state index contributed by atoms with van der Waals surface area (Å²) in [5.74, 6) is 0.109. The van der Waals surface area contributed by atoms with E-state index in [0.717, 1.165) is 16.2 Å². The van der Waals surface area contributed by atoms with E-state index in [1.807, 2.05) is 37.3 Å². The van der Waals surface area contributed by atoms with Crippen molar-refractivity contribution in [3.8, 4) is 0 Å². The average Bonchev–Trinajstić information content (AvgIpc) is 2.61. The number of hydrogen-bond donors (Lipinski definition) is 1. The molecule has 1 N–H and O–H groups in total. The lowest BCUT2D eigenvalue weighted by atomic mass is 9.93. The van der Waals surface area contributed by atoms with Gasteiger partial charge in [-0.1, -0.05) is 30.3 Å². The lowest BCUT2D eigenvalue weighted by Gasteiger charge is -2.11. The van der Waals surface area contributed by atoms with Gasteiger partial charge in [-0.2, -0.15) is 0 Å². The summed E-state index contributed by atoms with van der Waals surface area (Å²) in [7, 11) is 0. The summed E-state index contributed by atoms with van der Waals surface area (Å²) in [6, 6.07) is 9.84. The van der Waals surface area contributed by atoms with Crippen LogP contribution in [0.1, 0.15) is 18.4 Å². The Morgan fingerprint density at radius 2 is 2.07 bits per heavy atom. The van der Waals surface area contributed by atoms with Crippen LogP contribution in [-0.2, 0) is 4.79 Å². The van der Waals surface area contributed by atoms with E-state index in [2.05, 4.69) is 0 Å². The Labute approximate surface area is 93.0 Å². The fourth-order valence-electron chi connectivity index (χ4n) is 1.86. The number of hydrogen-bond acceptors (Lipinski definition) is 2. The molecule has 1 unspecified atom stereocenters. The van der Waals surface area contributed by atoms with E-state index < -0.39 is 5.97 Å². The first kappa shape index (κ1) is 10.3. The molecule has 0 radical (unpaired) electrons. The summed E-state index contributed by atoms with van der Waals surface area (Å²) in [5.41, 5.74) is 1.66. The number of allylic oxidation sites excluding steroid dienone is 1. The molecule has 0 bridgehead atoms. The predicted molar refractivity (Wildman–Crippen MR) is 62.0 cm³/mol. The molecule has 3 heteroatoms. The molecule has 0 aliphatic carbocycles. The van der Waals surface area contributed by atoms with Crippen LogP contribution in [0.5, 0.6) is 0 Å². The molecule has 1 heterocycles. The first-order valence-corrected chi connectivity index (χ1v) is 5.80. The van der Waals surface area contributed by atoms with Gasteiger partial charge < -0.3 is 5.11 Å². The van der Waals surface area contributed by atoms with Gasteiger partial charge in [-0.25, -0.2) is 4.79 Å². The van der Waals surface area contributed by atoms with Crippen molar-refractivity contribution >= 4 is 17.7 Å². The maximum atomic E-state index is 11.1. The summed E-state index contributed by atoms with van der Waals surface area (Å²) in [5, 5.41) is 9.14. The van der Waals surface area contributed by atoms with Gasteiger partial charge in [-0.3, -0.25) is 0 Å². The van der Waals surface area contributed by atoms with E-state index in [-0.39, 0.29) is 5.92 Å². The summed E-state index contributed by atoms with van der Waals surface area (Å²) in [6.45, 7) is 1.89. The van der Waals surface area contributed by atoms with Crippen molar-refractivity contribution in [3.63, 3.8) is 0 Å². The van der Waals surface area contributed by atoms with Crippen molar-refractivity contribution in [2.75, 3.05) is 5.75 Å². The molecule has 0 spiro atoms. The zero-order valence-corrected chi connectivity index (χ0v) is 9.25. The van der Waals surface area contributed by atoms with Gasteiger partial charge in [-0.05, 0) is 17.4 Å². The molecule has 1 aliphatic heterocycles. The van der Waals surface area contributed by atoms with Gasteiger partial charge in [0.05, 0.1) is 5.57 Å². The van der Waals surface area contributed by atoms with Gasteiger partial charge in [0.2, 0.25) is 0 Å². The minimum absolute atomic E-state index is 0.0497. The molecule has 0 aromatic heterocycles. The number of rotatable bonds is 2. The quantitative estimate of drug-likeness (QED) is 0.832. The number of carbonyl (C=O) groups is 1. The van der Waals surface area contributed by atoms with Crippen LogP contribution in [0.2, 0.25) is 0 Å². The first-order chi connectivity index (χ1) is 7.20. The van der Waals surface area contributed by atoms with Crippen LogP contribution in [0.15, 0.2) is 40.8 Å². The SMILES string of the molecule is CC1=C(C(=O)O)C(c2ccccc2)CS1. The number of carboxylic acid groups (broad SMARTS) is 1. The Morgan fingerprint density at radius 1 is 1.40 bits per heavy atom. The Bertz CT molecular complexity index is 409. The normalized spacial score (nSPS) is 20.7. The molecule has 0 amide bonds. The molecule has 0 saturated carbocycles. The number of benzene rings is 1. The summed E-state index contributed by atoms with van der Waals surface area (Å²) in [4.78, 5) is 12.1. The molecule has 1 aromatic carbocycles. The minimum Gasteiger partial charge on any atom is -0.478 e. The second-order valence-electron chi connectivity index (χ2n) is 3.55. The minimum atomic E-state index is -0.786. The molecule has 15 heavy (non-hydrogen) atoms. The molecule has 1 atom stereocenters. The maximum absolute atomic E-state index is 11.1. The highest BCUT2D eigenvalue weighted by atomic mass is 32.2. The Kier molecular flexibility index (Phi) is 2.82. The second kappa shape index (κ2) is 4.11. The Hall–Kier alpha value is -1.22. The monoisotopic (exact) mass is 220 g/mol. The predicted octanol–water partition coefficient (Wildman–Crippen LogP) is 2.88. The van der Waals surface area contributed by atoms with Gasteiger partial charge >= 0.3 is 5.97 Å². The molecule has 0 saturated heterocycles. The molecule has 1 aromatic rings. The van der Waals surface area contributed by atoms with Crippen LogP contribution < -0.4 is 0 Å². The van der Waals surface area contributed by atoms with E-state index in [1.165, 1.54) is 0 Å². The summed E-state index contributed by atoms with van der Waals surface area (Å²) >= 11 is 1.64. The van der Waals surface area contributed by atoms with Crippen LogP contribution in [0.4, 0.5) is 0 Å². The standard InChI is InChI=1S/C12H12O2S/c1-8-11(12(13)14)10(7-15-8)9-5-3-2-4-6-9/h2-6,10H,7H2,1H3,(H,13,14). The third kappa shape index (κ3) is 1.92. The van der Waals surface area contributed by atoms with Gasteiger partial charge in [0.25, 0.3) is 0 Å². The number of aliphatic carboxylic acids is 1. The topological polar surface area (TPSA) is 37.3 Å². The highest BCUT2D eigenvalue weighted by molar-refractivity contribution is 8.03. The lowest BCUT2D eigenvalue weighted by Crippen LogP contribution is -2.10. The van der Waals surface area contributed by atoms with Crippen molar-refractivity contribution in [3.05, 3.63) is 46.4 Å². The van der Waals surface area contributed by atoms with Gasteiger partial charge in [0.1, 0.15) is 0 Å². The van der Waals surface area contributed by atoms with E-state index in [9.17, 15) is 4.79 Å². The van der Waals surface area contributed by atoms with Crippen molar-refractivity contribution in [2.24, 2.45) is 0 Å². The van der Waals surface area contributed by atoms with E-state index in [4.69, 9.17) is 5.11 Å². The van der Waals surface area contributed by atoms with E-state index in [1.54, 1.807) is 11.8 Å².